The van der Waals surface area contributed by atoms with Crippen LogP contribution in [0.1, 0.15) is 29.6 Å². The van der Waals surface area contributed by atoms with Crippen molar-refractivity contribution in [3.63, 3.8) is 0 Å². The van der Waals surface area contributed by atoms with Crippen LogP contribution in [-0.2, 0) is 0 Å². The summed E-state index contributed by atoms with van der Waals surface area (Å²) in [4.78, 5) is 17.0. The van der Waals surface area contributed by atoms with E-state index in [2.05, 4.69) is 20.8 Å². The summed E-state index contributed by atoms with van der Waals surface area (Å²) in [6.45, 7) is 4.22. The van der Waals surface area contributed by atoms with Gasteiger partial charge in [-0.25, -0.2) is 0 Å². The Labute approximate surface area is 122 Å². The molecular formula is C15H19BrN2O. The highest BCUT2D eigenvalue weighted by atomic mass is 79.9. The van der Waals surface area contributed by atoms with Gasteiger partial charge in [0, 0.05) is 29.2 Å². The van der Waals surface area contributed by atoms with E-state index < -0.39 is 0 Å². The molecule has 0 N–H and O–H groups in total. The van der Waals surface area contributed by atoms with Crippen molar-refractivity contribution in [2.75, 3.05) is 26.2 Å². The molecule has 1 aromatic carbocycles. The van der Waals surface area contributed by atoms with Gasteiger partial charge in [0.25, 0.3) is 5.91 Å². The molecule has 3 rings (SSSR count). The molecule has 2 heterocycles. The van der Waals surface area contributed by atoms with Crippen LogP contribution in [0.15, 0.2) is 28.7 Å². The third kappa shape index (κ3) is 2.84. The number of likely N-dealkylation sites (tertiary alicyclic amines) is 2. The molecule has 1 amide bonds. The van der Waals surface area contributed by atoms with Crippen LogP contribution in [0.3, 0.4) is 0 Å². The summed E-state index contributed by atoms with van der Waals surface area (Å²) in [5.74, 6) is 0.175. The molecule has 0 aromatic heterocycles. The first-order valence-corrected chi connectivity index (χ1v) is 7.82. The molecule has 0 bridgehead atoms. The summed E-state index contributed by atoms with van der Waals surface area (Å²) in [6, 6.07) is 8.25. The molecular weight excluding hydrogens is 304 g/mol. The van der Waals surface area contributed by atoms with Gasteiger partial charge in [-0.1, -0.05) is 15.9 Å². The van der Waals surface area contributed by atoms with Crippen LogP contribution in [0.5, 0.6) is 0 Å². The average Bonchev–Trinajstić information content (AvgIpc) is 3.10. The summed E-state index contributed by atoms with van der Waals surface area (Å²) >= 11 is 3.40. The second-order valence-corrected chi connectivity index (χ2v) is 6.36. The SMILES string of the molecule is O=C(c1ccc(Br)cc1)N1CC[C@H](N2CCCC2)C1. The molecule has 2 aliphatic rings. The zero-order valence-corrected chi connectivity index (χ0v) is 12.6. The van der Waals surface area contributed by atoms with Gasteiger partial charge in [-0.05, 0) is 56.6 Å². The van der Waals surface area contributed by atoms with Gasteiger partial charge in [-0.2, -0.15) is 0 Å². The second-order valence-electron chi connectivity index (χ2n) is 5.44. The molecule has 0 saturated carbocycles. The minimum atomic E-state index is 0.175. The molecule has 0 radical (unpaired) electrons. The third-order valence-electron chi connectivity index (χ3n) is 4.20. The number of halogens is 1. The van der Waals surface area contributed by atoms with Crippen LogP contribution in [-0.4, -0.2) is 47.9 Å². The Bertz CT molecular complexity index is 454. The van der Waals surface area contributed by atoms with Gasteiger partial charge in [0.2, 0.25) is 0 Å². The van der Waals surface area contributed by atoms with E-state index in [0.717, 1.165) is 29.5 Å². The van der Waals surface area contributed by atoms with E-state index in [1.54, 1.807) is 0 Å². The molecule has 19 heavy (non-hydrogen) atoms. The van der Waals surface area contributed by atoms with E-state index in [-0.39, 0.29) is 5.91 Å². The molecule has 0 aliphatic carbocycles. The number of amides is 1. The lowest BCUT2D eigenvalue weighted by Gasteiger charge is -2.23. The van der Waals surface area contributed by atoms with Crippen LogP contribution < -0.4 is 0 Å². The predicted molar refractivity (Wildman–Crippen MR) is 79.3 cm³/mol. The molecule has 0 spiro atoms. The van der Waals surface area contributed by atoms with E-state index in [9.17, 15) is 4.79 Å². The Morgan fingerprint density at radius 2 is 1.79 bits per heavy atom. The number of nitrogens with zero attached hydrogens (tertiary/aromatic N) is 2. The Kier molecular flexibility index (Phi) is 3.89. The van der Waals surface area contributed by atoms with E-state index >= 15 is 0 Å². The fraction of sp³-hybridized carbons (Fsp3) is 0.533. The number of hydrogen-bond donors (Lipinski definition) is 0. The second kappa shape index (κ2) is 5.63. The smallest absolute Gasteiger partial charge is 0.253 e. The van der Waals surface area contributed by atoms with Crippen LogP contribution in [0, 0.1) is 0 Å². The normalized spacial score (nSPS) is 24.1. The first-order chi connectivity index (χ1) is 9.24. The Morgan fingerprint density at radius 3 is 2.47 bits per heavy atom. The average molecular weight is 323 g/mol. The van der Waals surface area contributed by atoms with Crippen LogP contribution in [0.25, 0.3) is 0 Å². The van der Waals surface area contributed by atoms with Crippen LogP contribution in [0.4, 0.5) is 0 Å². The lowest BCUT2D eigenvalue weighted by atomic mass is 10.2. The minimum absolute atomic E-state index is 0.175. The fourth-order valence-corrected chi connectivity index (χ4v) is 3.37. The van der Waals surface area contributed by atoms with E-state index in [4.69, 9.17) is 0 Å². The lowest BCUT2D eigenvalue weighted by molar-refractivity contribution is 0.0780. The maximum atomic E-state index is 12.4. The van der Waals surface area contributed by atoms with E-state index in [0.29, 0.717) is 6.04 Å². The van der Waals surface area contributed by atoms with Gasteiger partial charge in [0.15, 0.2) is 0 Å². The topological polar surface area (TPSA) is 23.6 Å². The largest absolute Gasteiger partial charge is 0.337 e. The summed E-state index contributed by atoms with van der Waals surface area (Å²) < 4.78 is 1.01. The summed E-state index contributed by atoms with van der Waals surface area (Å²) in [5.41, 5.74) is 0.797. The molecule has 2 saturated heterocycles. The van der Waals surface area contributed by atoms with Gasteiger partial charge in [-0.15, -0.1) is 0 Å². The summed E-state index contributed by atoms with van der Waals surface area (Å²) in [5, 5.41) is 0. The first-order valence-electron chi connectivity index (χ1n) is 7.03. The zero-order chi connectivity index (χ0) is 13.2. The van der Waals surface area contributed by atoms with Crippen molar-refractivity contribution in [3.05, 3.63) is 34.3 Å². The highest BCUT2D eigenvalue weighted by Gasteiger charge is 2.31. The van der Waals surface area contributed by atoms with Crippen molar-refractivity contribution in [2.45, 2.75) is 25.3 Å². The Hall–Kier alpha value is -0.870. The molecule has 102 valence electrons. The van der Waals surface area contributed by atoms with Gasteiger partial charge >= 0.3 is 0 Å². The van der Waals surface area contributed by atoms with Gasteiger partial charge in [0.1, 0.15) is 0 Å². The number of carbonyl (C=O) groups excluding carboxylic acids is 1. The van der Waals surface area contributed by atoms with Gasteiger partial charge < -0.3 is 4.90 Å². The van der Waals surface area contributed by atoms with E-state index in [1.165, 1.54) is 25.9 Å². The van der Waals surface area contributed by atoms with Crippen LogP contribution >= 0.6 is 15.9 Å². The predicted octanol–water partition coefficient (Wildman–Crippen LogP) is 2.76. The van der Waals surface area contributed by atoms with Gasteiger partial charge in [0.05, 0.1) is 0 Å². The summed E-state index contributed by atoms with van der Waals surface area (Å²) in [7, 11) is 0. The van der Waals surface area contributed by atoms with Crippen molar-refractivity contribution in [1.29, 1.82) is 0 Å². The lowest BCUT2D eigenvalue weighted by Crippen LogP contribution is -2.37. The number of hydrogen-bond acceptors (Lipinski definition) is 2. The van der Waals surface area contributed by atoms with Crippen molar-refractivity contribution < 1.29 is 4.79 Å². The molecule has 0 unspecified atom stereocenters. The quantitative estimate of drug-likeness (QED) is 0.836. The van der Waals surface area contributed by atoms with Gasteiger partial charge in [-0.3, -0.25) is 9.69 Å². The Balaban J connectivity index is 1.63. The molecule has 3 nitrogen and oxygen atoms in total. The highest BCUT2D eigenvalue weighted by Crippen LogP contribution is 2.22. The van der Waals surface area contributed by atoms with E-state index in [1.807, 2.05) is 29.2 Å². The standard InChI is InChI=1S/C15H19BrN2O/c16-13-5-3-12(4-6-13)15(19)18-10-7-14(11-18)17-8-1-2-9-17/h3-6,14H,1-2,7-11H2/t14-/m0/s1. The van der Waals surface area contributed by atoms with Crippen molar-refractivity contribution >= 4 is 21.8 Å². The zero-order valence-electron chi connectivity index (χ0n) is 11.0. The molecule has 1 aromatic rings. The maximum Gasteiger partial charge on any atom is 0.253 e. The third-order valence-corrected chi connectivity index (χ3v) is 4.73. The summed E-state index contributed by atoms with van der Waals surface area (Å²) in [6.07, 6.45) is 3.76. The monoisotopic (exact) mass is 322 g/mol. The minimum Gasteiger partial charge on any atom is -0.337 e. The van der Waals surface area contributed by atoms with Crippen molar-refractivity contribution in [1.82, 2.24) is 9.80 Å². The molecule has 2 fully saturated rings. The molecule has 4 heteroatoms. The number of rotatable bonds is 2. The maximum absolute atomic E-state index is 12.4. The van der Waals surface area contributed by atoms with Crippen molar-refractivity contribution in [2.24, 2.45) is 0 Å². The molecule has 2 aliphatic heterocycles. The van der Waals surface area contributed by atoms with Crippen LogP contribution in [0.2, 0.25) is 0 Å². The highest BCUT2D eigenvalue weighted by molar-refractivity contribution is 9.10. The Morgan fingerprint density at radius 1 is 1.11 bits per heavy atom. The fourth-order valence-electron chi connectivity index (χ4n) is 3.11. The molecule has 1 atom stereocenters. The van der Waals surface area contributed by atoms with Crippen molar-refractivity contribution in [3.8, 4) is 0 Å². The number of carbonyl (C=O) groups is 1. The first kappa shape index (κ1) is 13.1. The number of benzene rings is 1.